The summed E-state index contributed by atoms with van der Waals surface area (Å²) in [6.45, 7) is -1.43. The van der Waals surface area contributed by atoms with Crippen molar-refractivity contribution < 1.29 is 106 Å². The number of aliphatic hydroxyl groups is 3. The molecule has 0 radical (unpaired) electrons. The molecule has 1 aromatic heterocycles. The molecule has 2 aromatic rings. The van der Waals surface area contributed by atoms with Gasteiger partial charge in [0.2, 0.25) is 47.3 Å². The number of carboxylic acid groups (broad SMARTS) is 1. The number of carbonyl (C=O) groups is 9. The van der Waals surface area contributed by atoms with Gasteiger partial charge in [-0.3, -0.25) is 47.4 Å². The Hall–Kier alpha value is -6.48. The van der Waals surface area contributed by atoms with Crippen LogP contribution in [0.1, 0.15) is 50.8 Å². The number of aliphatic hydroxyl groups excluding tert-OH is 3. The molecule has 18 N–H and O–H groups in total. The molecule has 0 aliphatic carbocycles. The van der Waals surface area contributed by atoms with Gasteiger partial charge in [-0.05, 0) is 57.2 Å². The van der Waals surface area contributed by atoms with Crippen molar-refractivity contribution in [2.75, 3.05) is 32.9 Å². The van der Waals surface area contributed by atoms with Crippen molar-refractivity contribution in [3.8, 4) is 5.75 Å². The van der Waals surface area contributed by atoms with Crippen LogP contribution in [-0.4, -0.2) is 218 Å². The monoisotopic (exact) mass is 1140 g/mol. The number of aromatic nitrogens is 2. The summed E-state index contributed by atoms with van der Waals surface area (Å²) in [5.74, 6) is -10.7. The summed E-state index contributed by atoms with van der Waals surface area (Å²) >= 11 is 0. The number of nitrogens with one attached hydrogen (secondary N) is 7. The van der Waals surface area contributed by atoms with Gasteiger partial charge >= 0.3 is 21.6 Å². The van der Waals surface area contributed by atoms with Crippen LogP contribution in [0.15, 0.2) is 36.8 Å². The average Bonchev–Trinajstić information content (AvgIpc) is 4.17. The van der Waals surface area contributed by atoms with Gasteiger partial charge in [0.1, 0.15) is 60.1 Å². The molecule has 0 saturated carbocycles. The van der Waals surface area contributed by atoms with Crippen LogP contribution in [-0.2, 0) is 74.2 Å². The number of phenols is 1. The van der Waals surface area contributed by atoms with E-state index in [1.807, 2.05) is 5.32 Å². The van der Waals surface area contributed by atoms with Gasteiger partial charge in [-0.25, -0.2) is 18.9 Å². The lowest BCUT2D eigenvalue weighted by Gasteiger charge is -2.32. The minimum absolute atomic E-state index is 0.0461. The lowest BCUT2D eigenvalue weighted by Crippen LogP contribution is -2.62. The molecule has 0 bridgehead atoms. The van der Waals surface area contributed by atoms with Gasteiger partial charge in [0, 0.05) is 37.8 Å². The van der Waals surface area contributed by atoms with Gasteiger partial charge < -0.3 is 97.5 Å². The van der Waals surface area contributed by atoms with Gasteiger partial charge in [-0.15, -0.1) is 0 Å². The fraction of sp³-hybridized carbons (Fsp3) is 0.571. The van der Waals surface area contributed by atoms with Crippen LogP contribution in [0, 0.1) is 0 Å². The van der Waals surface area contributed by atoms with E-state index in [2.05, 4.69) is 45.6 Å². The first kappa shape index (κ1) is 63.1. The first-order chi connectivity index (χ1) is 36.0. The Morgan fingerprint density at radius 2 is 1.26 bits per heavy atom. The molecule has 33 nitrogen and oxygen atoms in total. The third-order valence-electron chi connectivity index (χ3n) is 12.1. The molecule has 0 unspecified atom stereocenters. The highest BCUT2D eigenvalue weighted by Crippen LogP contribution is 2.38. The van der Waals surface area contributed by atoms with Crippen LogP contribution in [0.4, 0.5) is 0 Å². The maximum absolute atomic E-state index is 14.6. The number of nitrogens with zero attached hydrogens (tertiary/aromatic N) is 3. The summed E-state index contributed by atoms with van der Waals surface area (Å²) in [5, 5.41) is 61.8. The van der Waals surface area contributed by atoms with Crippen LogP contribution in [0.5, 0.6) is 5.75 Å². The fourth-order valence-corrected chi connectivity index (χ4v) is 9.06. The molecule has 428 valence electrons. The fourth-order valence-electron chi connectivity index (χ4n) is 8.17. The van der Waals surface area contributed by atoms with Crippen LogP contribution in [0.3, 0.4) is 0 Å². The van der Waals surface area contributed by atoms with Gasteiger partial charge in [0.05, 0.1) is 38.4 Å². The molecule has 0 spiro atoms. The van der Waals surface area contributed by atoms with E-state index in [-0.39, 0.29) is 56.6 Å². The number of likely N-dealkylation sites (tertiary alicyclic amines) is 2. The number of aliphatic carboxylic acids is 1. The summed E-state index contributed by atoms with van der Waals surface area (Å²) in [6, 6.07) is -10.1. The highest BCUT2D eigenvalue weighted by molar-refractivity contribution is 7.46. The van der Waals surface area contributed by atoms with Crippen LogP contribution < -0.4 is 37.6 Å². The molecule has 2 aliphatic rings. The molecule has 1 aromatic carbocycles. The number of nitrogens with two attached hydrogens (primary N) is 1. The molecular weight excluding hydrogens is 1070 g/mol. The zero-order valence-electron chi connectivity index (χ0n) is 41.2. The topological polar surface area (TPSA) is 522 Å². The van der Waals surface area contributed by atoms with E-state index in [4.69, 9.17) is 5.73 Å². The molecule has 11 atom stereocenters. The maximum Gasteiger partial charge on any atom is 0.469 e. The molecule has 77 heavy (non-hydrogen) atoms. The van der Waals surface area contributed by atoms with Crippen molar-refractivity contribution in [2.45, 2.75) is 119 Å². The van der Waals surface area contributed by atoms with E-state index >= 15 is 0 Å². The number of phenolic OH excluding ortho intramolecular Hbond substituents is 1. The molecule has 3 heterocycles. The Labute approximate surface area is 437 Å². The molecule has 2 aliphatic heterocycles. The Balaban J connectivity index is 1.62. The van der Waals surface area contributed by atoms with Crippen molar-refractivity contribution in [1.29, 1.82) is 0 Å². The van der Waals surface area contributed by atoms with Gasteiger partial charge in [-0.1, -0.05) is 12.1 Å². The van der Waals surface area contributed by atoms with Crippen molar-refractivity contribution >= 4 is 68.9 Å². The molecular formula is C42H63N11O22P2. The molecule has 8 amide bonds. The number of amides is 8. The predicted octanol–water partition coefficient (Wildman–Crippen LogP) is -6.82. The number of hydrogen-bond acceptors (Lipinski definition) is 19. The van der Waals surface area contributed by atoms with E-state index in [0.717, 1.165) is 23.6 Å². The summed E-state index contributed by atoms with van der Waals surface area (Å²) < 4.78 is 33.0. The second-order valence-corrected chi connectivity index (χ2v) is 20.3. The minimum Gasteiger partial charge on any atom is -0.508 e. The van der Waals surface area contributed by atoms with Crippen LogP contribution >= 0.6 is 15.6 Å². The van der Waals surface area contributed by atoms with E-state index < -0.39 is 162 Å². The molecule has 35 heteroatoms. The zero-order chi connectivity index (χ0) is 57.5. The first-order valence-corrected chi connectivity index (χ1v) is 26.6. The predicted molar refractivity (Wildman–Crippen MR) is 257 cm³/mol. The highest BCUT2D eigenvalue weighted by Gasteiger charge is 2.44. The smallest absolute Gasteiger partial charge is 0.469 e. The summed E-state index contributed by atoms with van der Waals surface area (Å²) in [7, 11) is -10.7. The largest absolute Gasteiger partial charge is 0.508 e. The quantitative estimate of drug-likeness (QED) is 0.0352. The normalized spacial score (nSPS) is 19.2. The average molecular weight is 1140 g/mol. The Bertz CT molecular complexity index is 2510. The number of imidazole rings is 1. The lowest BCUT2D eigenvalue weighted by molar-refractivity contribution is -0.145. The van der Waals surface area contributed by atoms with E-state index in [0.29, 0.717) is 5.56 Å². The highest BCUT2D eigenvalue weighted by atomic mass is 31.2. The second kappa shape index (κ2) is 28.2. The molecule has 4 rings (SSSR count). The standard InChI is InChI=1S/C42H63N11O22P2/c1-20(56)32(38(62)48-28(17-55)42(66)67)50-37(61)31-6-4-12-53(31)41(65)29(18-74-76(68,69)70)49-35(59)26(14-23-15-44-19-45-23)46-36(60)30-5-3-11-52(30)40(64)27(13-22-7-9-24(57)10-8-22)47-39(63)33(21(2)75-77(71,72)73)51-34(58)25(43)16-54/h7-10,15,19-21,25-33,54-57H,3-6,11-14,16-18,43H2,1-2H3,(H,44,45)(H,46,60)(H,47,63)(H,48,62)(H,49,59)(H,50,61)(H,51,58)(H,66,67)(H2,68,69,70)(H2,71,72,73)/t20-,21-,25+,26+,27+,28+,29+,30+,31+,32+,33+/m1/s1. The van der Waals surface area contributed by atoms with Crippen molar-refractivity contribution in [2.24, 2.45) is 5.73 Å². The van der Waals surface area contributed by atoms with E-state index in [9.17, 15) is 97.4 Å². The number of hydrogen-bond donors (Lipinski definition) is 17. The van der Waals surface area contributed by atoms with E-state index in [1.54, 1.807) is 0 Å². The first-order valence-electron chi connectivity index (χ1n) is 23.5. The van der Waals surface area contributed by atoms with Crippen molar-refractivity contribution in [3.63, 3.8) is 0 Å². The summed E-state index contributed by atoms with van der Waals surface area (Å²) in [4.78, 5) is 169. The maximum atomic E-state index is 14.6. The van der Waals surface area contributed by atoms with E-state index in [1.165, 1.54) is 36.8 Å². The summed E-state index contributed by atoms with van der Waals surface area (Å²) in [6.07, 6.45) is -1.56. The molecule has 2 saturated heterocycles. The number of carboxylic acids is 1. The number of H-pyrrole nitrogens is 1. The number of aromatic amines is 1. The number of rotatable bonds is 28. The zero-order valence-corrected chi connectivity index (χ0v) is 43.0. The minimum atomic E-state index is -5.39. The molecule has 2 fully saturated rings. The van der Waals surface area contributed by atoms with Crippen LogP contribution in [0.2, 0.25) is 0 Å². The Morgan fingerprint density at radius 3 is 1.77 bits per heavy atom. The second-order valence-electron chi connectivity index (χ2n) is 17.9. The number of phosphoric acid groups is 2. The number of carbonyl (C=O) groups excluding carboxylic acids is 8. The number of aromatic hydroxyl groups is 1. The lowest BCUT2D eigenvalue weighted by atomic mass is 10.0. The Kier molecular flexibility index (Phi) is 23.1. The number of phosphoric ester groups is 2. The van der Waals surface area contributed by atoms with Crippen LogP contribution in [0.25, 0.3) is 0 Å². The Morgan fingerprint density at radius 1 is 0.714 bits per heavy atom. The van der Waals surface area contributed by atoms with Gasteiger partial charge in [-0.2, -0.15) is 0 Å². The van der Waals surface area contributed by atoms with Gasteiger partial charge in [0.25, 0.3) is 0 Å². The summed E-state index contributed by atoms with van der Waals surface area (Å²) in [5.41, 5.74) is 6.14. The third-order valence-corrected chi connectivity index (χ3v) is 13.1. The van der Waals surface area contributed by atoms with Gasteiger partial charge in [0.15, 0.2) is 0 Å². The van der Waals surface area contributed by atoms with Crippen molar-refractivity contribution in [3.05, 3.63) is 48.0 Å². The number of benzene rings is 1. The third kappa shape index (κ3) is 18.9. The van der Waals surface area contributed by atoms with Crippen molar-refractivity contribution in [1.82, 2.24) is 51.7 Å². The SMILES string of the molecule is C[C@@H](O)[C@H](NC(=O)[C@@H]1CCCN1C(=O)[C@H](COP(=O)(O)O)NC(=O)[C@H](Cc1cnc[nH]1)NC(=O)[C@@H]1CCCN1C(=O)[C@H](Cc1ccc(O)cc1)NC(=O)[C@@H](NC(=O)[C@@H](N)CO)[C@@H](C)OP(=O)(O)O)C(=O)N[C@@H](CO)C(=O)O.